The van der Waals surface area contributed by atoms with Gasteiger partial charge in [-0.1, -0.05) is 55.0 Å². The average Bonchev–Trinajstić information content (AvgIpc) is 2.79. The van der Waals surface area contributed by atoms with Crippen LogP contribution in [0.5, 0.6) is 0 Å². The molecule has 3 atom stereocenters. The predicted octanol–water partition coefficient (Wildman–Crippen LogP) is 4.28. The van der Waals surface area contributed by atoms with Crippen molar-refractivity contribution >= 4 is 0 Å². The second-order valence-corrected chi connectivity index (χ2v) is 6.83. The molecule has 1 saturated heterocycles. The molecule has 2 bridgehead atoms. The summed E-state index contributed by atoms with van der Waals surface area (Å²) in [6.07, 6.45) is 5.33. The lowest BCUT2D eigenvalue weighted by atomic mass is 9.75. The monoisotopic (exact) mass is 275 g/mol. The van der Waals surface area contributed by atoms with Crippen molar-refractivity contribution in [1.82, 2.24) is 4.90 Å². The number of benzene rings is 2. The van der Waals surface area contributed by atoms with E-state index in [1.165, 1.54) is 32.2 Å². The standard InChI is InChI=1S/C20H21N/c1-2-8-15-14(7-1)13-19-16-9-3-4-10-17(16)20(15)18-11-5-6-12-21(18)19/h1-4,7-10,18-20H,5-6,11-13H2/t18-,19+,20-/m0/s1. The Morgan fingerprint density at radius 1 is 0.810 bits per heavy atom. The molecular weight excluding hydrogens is 254 g/mol. The summed E-state index contributed by atoms with van der Waals surface area (Å²) in [5.41, 5.74) is 6.38. The quantitative estimate of drug-likeness (QED) is 0.693. The maximum atomic E-state index is 2.83. The van der Waals surface area contributed by atoms with Crippen molar-refractivity contribution in [2.45, 2.75) is 43.7 Å². The van der Waals surface area contributed by atoms with E-state index in [2.05, 4.69) is 53.4 Å². The van der Waals surface area contributed by atoms with Crippen molar-refractivity contribution in [1.29, 1.82) is 0 Å². The van der Waals surface area contributed by atoms with Crippen LogP contribution in [0, 0.1) is 0 Å². The number of nitrogens with zero attached hydrogens (tertiary/aromatic N) is 1. The molecule has 3 aliphatic heterocycles. The summed E-state index contributed by atoms with van der Waals surface area (Å²) < 4.78 is 0. The summed E-state index contributed by atoms with van der Waals surface area (Å²) in [6.45, 7) is 1.29. The maximum absolute atomic E-state index is 2.83. The second kappa shape index (κ2) is 4.45. The highest BCUT2D eigenvalue weighted by molar-refractivity contribution is 5.50. The van der Waals surface area contributed by atoms with Crippen molar-refractivity contribution < 1.29 is 0 Å². The smallest absolute Gasteiger partial charge is 0.0394 e. The van der Waals surface area contributed by atoms with E-state index in [4.69, 9.17) is 0 Å². The van der Waals surface area contributed by atoms with Gasteiger partial charge in [0.15, 0.2) is 0 Å². The van der Waals surface area contributed by atoms with Crippen LogP contribution >= 0.6 is 0 Å². The van der Waals surface area contributed by atoms with Crippen LogP contribution in [0.3, 0.4) is 0 Å². The van der Waals surface area contributed by atoms with Gasteiger partial charge in [0.05, 0.1) is 0 Å². The van der Waals surface area contributed by atoms with Crippen LogP contribution in [0.1, 0.15) is 53.5 Å². The van der Waals surface area contributed by atoms with Gasteiger partial charge >= 0.3 is 0 Å². The average molecular weight is 275 g/mol. The normalized spacial score (nSPS) is 30.2. The van der Waals surface area contributed by atoms with Gasteiger partial charge in [-0.25, -0.2) is 0 Å². The highest BCUT2D eigenvalue weighted by Gasteiger charge is 2.45. The molecular formula is C20H21N. The van der Waals surface area contributed by atoms with Gasteiger partial charge in [0, 0.05) is 18.0 Å². The molecule has 0 spiro atoms. The van der Waals surface area contributed by atoms with Crippen LogP contribution in [-0.2, 0) is 6.42 Å². The molecule has 1 nitrogen and oxygen atoms in total. The predicted molar refractivity (Wildman–Crippen MR) is 85.5 cm³/mol. The third-order valence-corrected chi connectivity index (χ3v) is 5.87. The first kappa shape index (κ1) is 12.0. The minimum absolute atomic E-state index is 0.594. The summed E-state index contributed by atoms with van der Waals surface area (Å²) in [5.74, 6) is 0.594. The zero-order chi connectivity index (χ0) is 13.8. The minimum atomic E-state index is 0.594. The van der Waals surface area contributed by atoms with Gasteiger partial charge in [0.2, 0.25) is 0 Å². The van der Waals surface area contributed by atoms with Crippen molar-refractivity contribution in [2.75, 3.05) is 6.54 Å². The minimum Gasteiger partial charge on any atom is -0.292 e. The molecule has 2 aromatic carbocycles. The number of rotatable bonds is 0. The van der Waals surface area contributed by atoms with Gasteiger partial charge in [-0.3, -0.25) is 4.90 Å². The van der Waals surface area contributed by atoms with Crippen molar-refractivity contribution in [3.05, 3.63) is 70.8 Å². The van der Waals surface area contributed by atoms with E-state index in [0.29, 0.717) is 12.0 Å². The lowest BCUT2D eigenvalue weighted by molar-refractivity contribution is 0.0760. The van der Waals surface area contributed by atoms with Crippen LogP contribution in [-0.4, -0.2) is 17.5 Å². The summed E-state index contributed by atoms with van der Waals surface area (Å²) in [4.78, 5) is 2.83. The lowest BCUT2D eigenvalue weighted by Crippen LogP contribution is -2.48. The number of hydrogen-bond acceptors (Lipinski definition) is 1. The Labute approximate surface area is 126 Å². The highest BCUT2D eigenvalue weighted by atomic mass is 15.2. The Kier molecular flexibility index (Phi) is 2.54. The Hall–Kier alpha value is -1.60. The third-order valence-electron chi connectivity index (χ3n) is 5.87. The van der Waals surface area contributed by atoms with Crippen LogP contribution in [0.15, 0.2) is 48.5 Å². The topological polar surface area (TPSA) is 3.24 Å². The Morgan fingerprint density at radius 3 is 2.48 bits per heavy atom. The van der Waals surface area contributed by atoms with Crippen LogP contribution < -0.4 is 0 Å². The first-order valence-corrected chi connectivity index (χ1v) is 8.36. The zero-order valence-electron chi connectivity index (χ0n) is 12.3. The summed E-state index contributed by atoms with van der Waals surface area (Å²) >= 11 is 0. The third kappa shape index (κ3) is 1.61. The molecule has 0 N–H and O–H groups in total. The fraction of sp³-hybridized carbons (Fsp3) is 0.400. The molecule has 106 valence electrons. The molecule has 1 aliphatic carbocycles. The molecule has 4 aliphatic rings. The number of piperidine rings is 1. The molecule has 3 heterocycles. The summed E-state index contributed by atoms with van der Waals surface area (Å²) in [6, 6.07) is 19.7. The van der Waals surface area contributed by atoms with Gasteiger partial charge in [0.25, 0.3) is 0 Å². The van der Waals surface area contributed by atoms with Crippen LogP contribution in [0.2, 0.25) is 0 Å². The molecule has 2 aromatic rings. The lowest BCUT2D eigenvalue weighted by Gasteiger charge is -2.48. The van der Waals surface area contributed by atoms with Crippen molar-refractivity contribution in [2.24, 2.45) is 0 Å². The van der Waals surface area contributed by atoms with Gasteiger partial charge in [0.1, 0.15) is 0 Å². The van der Waals surface area contributed by atoms with E-state index in [1.54, 1.807) is 22.3 Å². The Morgan fingerprint density at radius 2 is 1.57 bits per heavy atom. The SMILES string of the molecule is c1ccc2c(c1)C[C@@H]1c3ccccc3[C@H]2[C@@H]2CCCCN12. The number of hydrogen-bond donors (Lipinski definition) is 0. The molecule has 6 rings (SSSR count). The van der Waals surface area contributed by atoms with Crippen molar-refractivity contribution in [3.63, 3.8) is 0 Å². The molecule has 0 unspecified atom stereocenters. The fourth-order valence-corrected chi connectivity index (χ4v) is 5.04. The molecule has 0 radical (unpaired) electrons. The Balaban J connectivity index is 1.79. The van der Waals surface area contributed by atoms with Gasteiger partial charge in [-0.15, -0.1) is 0 Å². The molecule has 1 heteroatoms. The first-order valence-electron chi connectivity index (χ1n) is 8.36. The summed E-state index contributed by atoms with van der Waals surface area (Å²) in [5, 5.41) is 0. The van der Waals surface area contributed by atoms with Crippen LogP contribution in [0.4, 0.5) is 0 Å². The first-order chi connectivity index (χ1) is 10.4. The molecule has 21 heavy (non-hydrogen) atoms. The molecule has 1 fully saturated rings. The Bertz CT molecular complexity index is 690. The second-order valence-electron chi connectivity index (χ2n) is 6.83. The van der Waals surface area contributed by atoms with E-state index in [1.807, 2.05) is 0 Å². The van der Waals surface area contributed by atoms with Gasteiger partial charge in [-0.2, -0.15) is 0 Å². The van der Waals surface area contributed by atoms with Crippen molar-refractivity contribution in [3.8, 4) is 0 Å². The highest BCUT2D eigenvalue weighted by Crippen LogP contribution is 2.51. The summed E-state index contributed by atoms with van der Waals surface area (Å²) in [7, 11) is 0. The van der Waals surface area contributed by atoms with E-state index in [-0.39, 0.29) is 0 Å². The van der Waals surface area contributed by atoms with E-state index < -0.39 is 0 Å². The largest absolute Gasteiger partial charge is 0.292 e. The van der Waals surface area contributed by atoms with Gasteiger partial charge in [-0.05, 0) is 48.1 Å². The molecule has 0 amide bonds. The van der Waals surface area contributed by atoms with Gasteiger partial charge < -0.3 is 0 Å². The molecule has 0 aromatic heterocycles. The van der Waals surface area contributed by atoms with E-state index in [0.717, 1.165) is 6.04 Å². The molecule has 0 saturated carbocycles. The maximum Gasteiger partial charge on any atom is 0.0394 e. The zero-order valence-corrected chi connectivity index (χ0v) is 12.3. The van der Waals surface area contributed by atoms with E-state index in [9.17, 15) is 0 Å². The van der Waals surface area contributed by atoms with E-state index >= 15 is 0 Å². The van der Waals surface area contributed by atoms with Crippen LogP contribution in [0.25, 0.3) is 0 Å². The fourth-order valence-electron chi connectivity index (χ4n) is 5.04.